The Bertz CT molecular complexity index is 635. The normalized spacial score (nSPS) is 18.2. The molecule has 1 aromatic rings. The topological polar surface area (TPSA) is 77.9 Å². The maximum absolute atomic E-state index is 12.3. The molecule has 6 heteroatoms. The summed E-state index contributed by atoms with van der Waals surface area (Å²) in [6.45, 7) is 1.16. The number of fused-ring (bicyclic) bond motifs is 1. The summed E-state index contributed by atoms with van der Waals surface area (Å²) >= 11 is 0. The van der Waals surface area contributed by atoms with E-state index in [4.69, 9.17) is 5.11 Å². The van der Waals surface area contributed by atoms with E-state index in [0.717, 1.165) is 24.1 Å². The van der Waals surface area contributed by atoms with Gasteiger partial charge in [0.25, 0.3) is 0 Å². The molecule has 0 bridgehead atoms. The molecule has 3 rings (SSSR count). The van der Waals surface area contributed by atoms with Crippen LogP contribution in [0.25, 0.3) is 0 Å². The molecule has 2 heterocycles. The fourth-order valence-corrected chi connectivity index (χ4v) is 3.42. The van der Waals surface area contributed by atoms with Crippen LogP contribution in [-0.2, 0) is 20.8 Å². The second kappa shape index (κ2) is 6.40. The molecule has 0 spiro atoms. The molecule has 1 aromatic carbocycles. The lowest BCUT2D eigenvalue weighted by molar-refractivity contribution is -0.141. The van der Waals surface area contributed by atoms with Gasteiger partial charge in [-0.05, 0) is 24.5 Å². The number of piperidine rings is 1. The fourth-order valence-electron chi connectivity index (χ4n) is 3.42. The molecule has 6 nitrogen and oxygen atoms in total. The molecule has 23 heavy (non-hydrogen) atoms. The molecule has 122 valence electrons. The van der Waals surface area contributed by atoms with Crippen LogP contribution >= 0.6 is 0 Å². The molecule has 2 aliphatic rings. The molecule has 0 radical (unpaired) electrons. The van der Waals surface area contributed by atoms with Gasteiger partial charge in [0.1, 0.15) is 0 Å². The summed E-state index contributed by atoms with van der Waals surface area (Å²) in [6, 6.07) is 7.96. The number of carbonyl (C=O) groups excluding carboxylic acids is 2. The maximum Gasteiger partial charge on any atom is 0.303 e. The largest absolute Gasteiger partial charge is 0.481 e. The van der Waals surface area contributed by atoms with E-state index in [1.807, 2.05) is 29.2 Å². The van der Waals surface area contributed by atoms with E-state index in [0.29, 0.717) is 19.5 Å². The van der Waals surface area contributed by atoms with Crippen LogP contribution in [0.2, 0.25) is 0 Å². The van der Waals surface area contributed by atoms with Crippen LogP contribution in [0.5, 0.6) is 0 Å². The van der Waals surface area contributed by atoms with Crippen LogP contribution in [0.4, 0.5) is 5.69 Å². The van der Waals surface area contributed by atoms with Gasteiger partial charge in [-0.3, -0.25) is 14.4 Å². The summed E-state index contributed by atoms with van der Waals surface area (Å²) < 4.78 is 0. The highest BCUT2D eigenvalue weighted by atomic mass is 16.4. The first-order valence-electron chi connectivity index (χ1n) is 7.96. The van der Waals surface area contributed by atoms with Crippen LogP contribution in [0.15, 0.2) is 24.3 Å². The monoisotopic (exact) mass is 316 g/mol. The van der Waals surface area contributed by atoms with Crippen molar-refractivity contribution in [2.45, 2.75) is 38.1 Å². The molecule has 0 saturated carbocycles. The number of anilines is 1. The summed E-state index contributed by atoms with van der Waals surface area (Å²) in [7, 11) is 0. The van der Waals surface area contributed by atoms with Gasteiger partial charge in [0, 0.05) is 31.2 Å². The van der Waals surface area contributed by atoms with Crippen molar-refractivity contribution >= 4 is 23.5 Å². The van der Waals surface area contributed by atoms with Crippen molar-refractivity contribution in [3.05, 3.63) is 29.8 Å². The van der Waals surface area contributed by atoms with Crippen LogP contribution in [0.1, 0.15) is 31.2 Å². The Kier molecular flexibility index (Phi) is 4.32. The molecule has 1 fully saturated rings. The average Bonchev–Trinajstić information content (AvgIpc) is 2.88. The number of para-hydroxylation sites is 1. The van der Waals surface area contributed by atoms with Gasteiger partial charge < -0.3 is 14.9 Å². The highest BCUT2D eigenvalue weighted by molar-refractivity contribution is 6.01. The van der Waals surface area contributed by atoms with E-state index in [9.17, 15) is 14.4 Å². The molecular formula is C17H20N2O4. The lowest BCUT2D eigenvalue weighted by atomic mass is 10.0. The van der Waals surface area contributed by atoms with Crippen molar-refractivity contribution in [2.75, 3.05) is 18.0 Å². The minimum Gasteiger partial charge on any atom is -0.481 e. The smallest absolute Gasteiger partial charge is 0.303 e. The van der Waals surface area contributed by atoms with E-state index in [1.165, 1.54) is 0 Å². The lowest BCUT2D eigenvalue weighted by Gasteiger charge is -2.37. The van der Waals surface area contributed by atoms with Gasteiger partial charge >= 0.3 is 5.97 Å². The molecular weight excluding hydrogens is 296 g/mol. The number of benzene rings is 1. The predicted molar refractivity (Wildman–Crippen MR) is 84.1 cm³/mol. The van der Waals surface area contributed by atoms with Gasteiger partial charge in [0.2, 0.25) is 11.8 Å². The van der Waals surface area contributed by atoms with Crippen LogP contribution in [-0.4, -0.2) is 46.9 Å². The van der Waals surface area contributed by atoms with Gasteiger partial charge in [-0.15, -0.1) is 0 Å². The van der Waals surface area contributed by atoms with Crippen molar-refractivity contribution in [3.8, 4) is 0 Å². The van der Waals surface area contributed by atoms with Crippen molar-refractivity contribution in [1.82, 2.24) is 4.90 Å². The second-order valence-corrected chi connectivity index (χ2v) is 6.07. The second-order valence-electron chi connectivity index (χ2n) is 6.07. The first-order chi connectivity index (χ1) is 11.1. The number of amides is 2. The Balaban J connectivity index is 1.60. The molecule has 2 amide bonds. The van der Waals surface area contributed by atoms with Crippen molar-refractivity contribution in [3.63, 3.8) is 0 Å². The minimum absolute atomic E-state index is 0.0471. The summed E-state index contributed by atoms with van der Waals surface area (Å²) in [6.07, 6.45) is 1.84. The molecule has 0 aromatic heterocycles. The van der Waals surface area contributed by atoms with Gasteiger partial charge in [0.15, 0.2) is 0 Å². The zero-order valence-corrected chi connectivity index (χ0v) is 12.9. The van der Waals surface area contributed by atoms with E-state index >= 15 is 0 Å². The van der Waals surface area contributed by atoms with Crippen LogP contribution in [0, 0.1) is 0 Å². The standard InChI is InChI=1S/C17H20N2O4/c20-15(5-6-17(22)23)18-9-7-13(8-10-18)19-14-4-2-1-3-12(14)11-16(19)21/h1-4,13H,5-11H2,(H,22,23). The number of carboxylic acids is 1. The summed E-state index contributed by atoms with van der Waals surface area (Å²) in [5.74, 6) is -0.937. The minimum atomic E-state index is -0.951. The number of carbonyl (C=O) groups is 3. The quantitative estimate of drug-likeness (QED) is 0.911. The number of hydrogen-bond donors (Lipinski definition) is 1. The van der Waals surface area contributed by atoms with E-state index in [2.05, 4.69) is 0 Å². The van der Waals surface area contributed by atoms with Crippen LogP contribution < -0.4 is 4.90 Å². The van der Waals surface area contributed by atoms with E-state index in [-0.39, 0.29) is 30.7 Å². The third-order valence-electron chi connectivity index (χ3n) is 4.60. The molecule has 1 saturated heterocycles. The Morgan fingerprint density at radius 2 is 1.83 bits per heavy atom. The summed E-state index contributed by atoms with van der Waals surface area (Å²) in [5.41, 5.74) is 2.06. The Morgan fingerprint density at radius 1 is 1.13 bits per heavy atom. The Labute approximate surface area is 134 Å². The average molecular weight is 316 g/mol. The summed E-state index contributed by atoms with van der Waals surface area (Å²) in [5, 5.41) is 8.65. The molecule has 0 atom stereocenters. The van der Waals surface area contributed by atoms with Gasteiger partial charge in [-0.2, -0.15) is 0 Å². The summed E-state index contributed by atoms with van der Waals surface area (Å²) in [4.78, 5) is 38.4. The highest BCUT2D eigenvalue weighted by Crippen LogP contribution is 2.33. The first-order valence-corrected chi connectivity index (χ1v) is 7.96. The third kappa shape index (κ3) is 3.21. The first kappa shape index (κ1) is 15.5. The fraction of sp³-hybridized carbons (Fsp3) is 0.471. The third-order valence-corrected chi connectivity index (χ3v) is 4.60. The number of hydrogen-bond acceptors (Lipinski definition) is 3. The Hall–Kier alpha value is -2.37. The number of aliphatic carboxylic acids is 1. The van der Waals surface area contributed by atoms with Crippen molar-refractivity contribution in [2.24, 2.45) is 0 Å². The molecule has 0 unspecified atom stereocenters. The lowest BCUT2D eigenvalue weighted by Crippen LogP contribution is -2.48. The molecule has 1 N–H and O–H groups in total. The number of rotatable bonds is 4. The maximum atomic E-state index is 12.3. The van der Waals surface area contributed by atoms with Crippen molar-refractivity contribution in [1.29, 1.82) is 0 Å². The zero-order chi connectivity index (χ0) is 16.4. The Morgan fingerprint density at radius 3 is 2.52 bits per heavy atom. The highest BCUT2D eigenvalue weighted by Gasteiger charge is 2.35. The van der Waals surface area contributed by atoms with Gasteiger partial charge in [-0.1, -0.05) is 18.2 Å². The predicted octanol–water partition coefficient (Wildman–Crippen LogP) is 1.43. The number of nitrogens with zero attached hydrogens (tertiary/aromatic N) is 2. The van der Waals surface area contributed by atoms with E-state index in [1.54, 1.807) is 4.90 Å². The van der Waals surface area contributed by atoms with Crippen LogP contribution in [0.3, 0.4) is 0 Å². The van der Waals surface area contributed by atoms with Gasteiger partial charge in [0.05, 0.1) is 12.8 Å². The van der Waals surface area contributed by atoms with Crippen molar-refractivity contribution < 1.29 is 19.5 Å². The number of likely N-dealkylation sites (tertiary alicyclic amines) is 1. The molecule has 2 aliphatic heterocycles. The van der Waals surface area contributed by atoms with Gasteiger partial charge in [-0.25, -0.2) is 0 Å². The SMILES string of the molecule is O=C(O)CCC(=O)N1CCC(N2C(=O)Cc3ccccc32)CC1. The molecule has 0 aliphatic carbocycles. The zero-order valence-electron chi connectivity index (χ0n) is 12.9. The number of carboxylic acid groups (broad SMARTS) is 1. The van der Waals surface area contributed by atoms with E-state index < -0.39 is 5.97 Å².